The molecule has 0 aliphatic heterocycles. The van der Waals surface area contributed by atoms with Crippen LogP contribution in [0, 0.1) is 0 Å². The minimum atomic E-state index is 0.803. The number of hydrogen-bond acceptors (Lipinski definition) is 4. The van der Waals surface area contributed by atoms with Crippen molar-refractivity contribution in [3.05, 3.63) is 67.0 Å². The van der Waals surface area contributed by atoms with E-state index in [-0.39, 0.29) is 0 Å². The summed E-state index contributed by atoms with van der Waals surface area (Å²) >= 11 is 0. The molecule has 0 fully saturated rings. The highest BCUT2D eigenvalue weighted by Gasteiger charge is 2.13. The van der Waals surface area contributed by atoms with Crippen LogP contribution in [0.4, 0.5) is 11.5 Å². The average molecular weight is 340 g/mol. The zero-order valence-electron chi connectivity index (χ0n) is 14.2. The summed E-state index contributed by atoms with van der Waals surface area (Å²) in [6.45, 7) is 0. The first-order chi connectivity index (χ1) is 12.8. The number of methoxy groups -OCH3 is 1. The number of H-pyrrole nitrogens is 1. The van der Waals surface area contributed by atoms with Crippen molar-refractivity contribution in [3.8, 4) is 5.75 Å². The van der Waals surface area contributed by atoms with E-state index >= 15 is 0 Å². The number of anilines is 2. The van der Waals surface area contributed by atoms with Crippen molar-refractivity contribution >= 4 is 44.2 Å². The fraction of sp³-hybridized carbons (Fsp3) is 0.0476. The summed E-state index contributed by atoms with van der Waals surface area (Å²) in [5.74, 6) is 1.61. The zero-order valence-corrected chi connectivity index (χ0v) is 14.2. The molecule has 0 aliphatic carbocycles. The van der Waals surface area contributed by atoms with Gasteiger partial charge < -0.3 is 15.0 Å². The van der Waals surface area contributed by atoms with E-state index in [1.807, 2.05) is 48.7 Å². The van der Waals surface area contributed by atoms with E-state index in [4.69, 9.17) is 9.72 Å². The van der Waals surface area contributed by atoms with E-state index in [2.05, 4.69) is 27.4 Å². The van der Waals surface area contributed by atoms with E-state index in [9.17, 15) is 0 Å². The number of aromatic nitrogens is 3. The Kier molecular flexibility index (Phi) is 3.25. The van der Waals surface area contributed by atoms with Crippen LogP contribution in [0.25, 0.3) is 32.7 Å². The monoisotopic (exact) mass is 340 g/mol. The molecule has 0 saturated carbocycles. The molecule has 26 heavy (non-hydrogen) atoms. The molecular formula is C21H16N4O. The van der Waals surface area contributed by atoms with Gasteiger partial charge in [-0.3, -0.25) is 4.98 Å². The third-order valence-corrected chi connectivity index (χ3v) is 4.59. The molecule has 0 spiro atoms. The lowest BCUT2D eigenvalue weighted by atomic mass is 10.1. The number of aromatic amines is 1. The van der Waals surface area contributed by atoms with E-state index < -0.39 is 0 Å². The molecule has 0 amide bonds. The normalized spacial score (nSPS) is 11.3. The van der Waals surface area contributed by atoms with Crippen LogP contribution in [0.5, 0.6) is 5.75 Å². The molecule has 126 valence electrons. The second-order valence-corrected chi connectivity index (χ2v) is 6.13. The van der Waals surface area contributed by atoms with Crippen LogP contribution in [0.1, 0.15) is 0 Å². The van der Waals surface area contributed by atoms with Crippen molar-refractivity contribution in [2.24, 2.45) is 0 Å². The van der Waals surface area contributed by atoms with Crippen molar-refractivity contribution in [3.63, 3.8) is 0 Å². The minimum absolute atomic E-state index is 0.803. The highest BCUT2D eigenvalue weighted by molar-refractivity contribution is 6.20. The van der Waals surface area contributed by atoms with Crippen molar-refractivity contribution in [1.29, 1.82) is 0 Å². The van der Waals surface area contributed by atoms with E-state index in [1.165, 1.54) is 0 Å². The van der Waals surface area contributed by atoms with E-state index in [0.717, 1.165) is 50.0 Å². The number of hydrogen-bond donors (Lipinski definition) is 2. The quantitative estimate of drug-likeness (QED) is 0.484. The van der Waals surface area contributed by atoms with Crippen LogP contribution in [0.2, 0.25) is 0 Å². The Morgan fingerprint density at radius 3 is 2.73 bits per heavy atom. The number of benzene rings is 2. The van der Waals surface area contributed by atoms with Crippen LogP contribution in [0.3, 0.4) is 0 Å². The van der Waals surface area contributed by atoms with Crippen molar-refractivity contribution in [1.82, 2.24) is 15.0 Å². The van der Waals surface area contributed by atoms with E-state index in [0.29, 0.717) is 0 Å². The molecule has 5 aromatic rings. The van der Waals surface area contributed by atoms with Gasteiger partial charge in [-0.15, -0.1) is 0 Å². The van der Waals surface area contributed by atoms with Gasteiger partial charge in [0.05, 0.1) is 12.6 Å². The molecule has 0 atom stereocenters. The molecule has 3 heterocycles. The van der Waals surface area contributed by atoms with Gasteiger partial charge in [0.1, 0.15) is 17.2 Å². The second kappa shape index (κ2) is 5.74. The largest absolute Gasteiger partial charge is 0.497 e. The summed E-state index contributed by atoms with van der Waals surface area (Å²) < 4.78 is 5.32. The Labute approximate surface area is 149 Å². The molecule has 0 aliphatic rings. The molecule has 5 nitrogen and oxygen atoms in total. The summed E-state index contributed by atoms with van der Waals surface area (Å²) in [7, 11) is 1.66. The molecule has 5 heteroatoms. The van der Waals surface area contributed by atoms with Crippen molar-refractivity contribution in [2.45, 2.75) is 0 Å². The maximum absolute atomic E-state index is 5.32. The number of nitrogens with one attached hydrogen (secondary N) is 2. The lowest BCUT2D eigenvalue weighted by Gasteiger charge is -2.11. The lowest BCUT2D eigenvalue weighted by molar-refractivity contribution is 0.415. The van der Waals surface area contributed by atoms with Crippen LogP contribution in [-0.2, 0) is 0 Å². The summed E-state index contributed by atoms with van der Waals surface area (Å²) in [4.78, 5) is 12.5. The molecule has 3 aromatic heterocycles. The zero-order chi connectivity index (χ0) is 17.5. The maximum Gasteiger partial charge on any atom is 0.141 e. The molecule has 0 saturated heterocycles. The predicted octanol–water partition coefficient (Wildman–Crippen LogP) is 5.02. The third kappa shape index (κ3) is 2.25. The van der Waals surface area contributed by atoms with Gasteiger partial charge >= 0.3 is 0 Å². The van der Waals surface area contributed by atoms with Gasteiger partial charge in [0.2, 0.25) is 0 Å². The van der Waals surface area contributed by atoms with Gasteiger partial charge in [-0.25, -0.2) is 4.98 Å². The maximum atomic E-state index is 5.32. The molecule has 0 unspecified atom stereocenters. The minimum Gasteiger partial charge on any atom is -0.497 e. The average Bonchev–Trinajstić information content (AvgIpc) is 3.06. The fourth-order valence-electron chi connectivity index (χ4n) is 3.39. The van der Waals surface area contributed by atoms with Gasteiger partial charge in [-0.05, 0) is 23.6 Å². The Hall–Kier alpha value is -3.60. The Balaban J connectivity index is 1.77. The number of fused-ring (bicyclic) bond motifs is 5. The summed E-state index contributed by atoms with van der Waals surface area (Å²) in [5, 5.41) is 7.81. The standard InChI is InChI=1S/C21H16N4O/c1-26-14-6-4-5-13(11-14)23-20-16-8-3-2-7-15(16)19-17-12-22-10-9-18(17)24-21(19)25-20/h2-12H,1H3,(H2,23,24,25). The second-order valence-electron chi connectivity index (χ2n) is 6.13. The van der Waals surface area contributed by atoms with Crippen molar-refractivity contribution in [2.75, 3.05) is 12.4 Å². The van der Waals surface area contributed by atoms with E-state index in [1.54, 1.807) is 13.3 Å². The number of pyridine rings is 2. The van der Waals surface area contributed by atoms with Crippen LogP contribution in [0.15, 0.2) is 67.0 Å². The molecule has 2 N–H and O–H groups in total. The first kappa shape index (κ1) is 14.7. The van der Waals surface area contributed by atoms with Crippen LogP contribution >= 0.6 is 0 Å². The van der Waals surface area contributed by atoms with Crippen LogP contribution in [-0.4, -0.2) is 22.1 Å². The highest BCUT2D eigenvalue weighted by atomic mass is 16.5. The van der Waals surface area contributed by atoms with Gasteiger partial charge in [0.15, 0.2) is 0 Å². The summed E-state index contributed by atoms with van der Waals surface area (Å²) in [5.41, 5.74) is 2.81. The van der Waals surface area contributed by atoms with Crippen LogP contribution < -0.4 is 10.1 Å². The Morgan fingerprint density at radius 2 is 1.85 bits per heavy atom. The van der Waals surface area contributed by atoms with Crippen molar-refractivity contribution < 1.29 is 4.74 Å². The predicted molar refractivity (Wildman–Crippen MR) is 105 cm³/mol. The lowest BCUT2D eigenvalue weighted by Crippen LogP contribution is -1.96. The molecule has 5 rings (SSSR count). The first-order valence-electron chi connectivity index (χ1n) is 8.39. The molecule has 2 aromatic carbocycles. The van der Waals surface area contributed by atoms with Gasteiger partial charge in [-0.1, -0.05) is 30.3 Å². The highest BCUT2D eigenvalue weighted by Crippen LogP contribution is 2.35. The molecule has 0 radical (unpaired) electrons. The SMILES string of the molecule is COc1cccc(Nc2nc3[nH]c4ccncc4c3c3ccccc23)c1. The summed E-state index contributed by atoms with van der Waals surface area (Å²) in [6.07, 6.45) is 3.67. The topological polar surface area (TPSA) is 62.8 Å². The number of nitrogens with zero attached hydrogens (tertiary/aromatic N) is 2. The Morgan fingerprint density at radius 1 is 0.962 bits per heavy atom. The molecular weight excluding hydrogens is 324 g/mol. The van der Waals surface area contributed by atoms with Gasteiger partial charge in [0.25, 0.3) is 0 Å². The summed E-state index contributed by atoms with van der Waals surface area (Å²) in [6, 6.07) is 18.1. The first-order valence-corrected chi connectivity index (χ1v) is 8.39. The Bertz CT molecular complexity index is 1260. The molecule has 0 bridgehead atoms. The number of ether oxygens (including phenoxy) is 1. The number of rotatable bonds is 3. The van der Waals surface area contributed by atoms with Gasteiger partial charge in [-0.2, -0.15) is 0 Å². The van der Waals surface area contributed by atoms with Gasteiger partial charge in [0, 0.05) is 40.3 Å². The fourth-order valence-corrected chi connectivity index (χ4v) is 3.39. The smallest absolute Gasteiger partial charge is 0.141 e. The third-order valence-electron chi connectivity index (χ3n) is 4.59.